The van der Waals surface area contributed by atoms with Crippen LogP contribution in [0.5, 0.6) is 5.75 Å². The van der Waals surface area contributed by atoms with Gasteiger partial charge in [-0.25, -0.2) is 0 Å². The first-order valence-electron chi connectivity index (χ1n) is 8.07. The van der Waals surface area contributed by atoms with Gasteiger partial charge in [0.25, 0.3) is 0 Å². The predicted octanol–water partition coefficient (Wildman–Crippen LogP) is 2.40. The summed E-state index contributed by atoms with van der Waals surface area (Å²) in [5, 5.41) is 8.99. The zero-order valence-electron chi connectivity index (χ0n) is 13.0. The third-order valence-electron chi connectivity index (χ3n) is 4.01. The fourth-order valence-electron chi connectivity index (χ4n) is 3.02. The van der Waals surface area contributed by atoms with Crippen LogP contribution in [-0.2, 0) is 0 Å². The summed E-state index contributed by atoms with van der Waals surface area (Å²) in [4.78, 5) is 2.36. The molecule has 2 unspecified atom stereocenters. The monoisotopic (exact) mass is 292 g/mol. The van der Waals surface area contributed by atoms with E-state index in [1.54, 1.807) is 0 Å². The Labute approximate surface area is 127 Å². The van der Waals surface area contributed by atoms with E-state index in [-0.39, 0.29) is 12.6 Å². The lowest BCUT2D eigenvalue weighted by Crippen LogP contribution is -2.47. The molecule has 4 nitrogen and oxygen atoms in total. The van der Waals surface area contributed by atoms with Gasteiger partial charge in [-0.1, -0.05) is 6.92 Å². The van der Waals surface area contributed by atoms with Crippen LogP contribution in [0.3, 0.4) is 0 Å². The van der Waals surface area contributed by atoms with Crippen molar-refractivity contribution in [2.75, 3.05) is 31.2 Å². The molecule has 0 aromatic heterocycles. The maximum Gasteiger partial charge on any atom is 0.119 e. The van der Waals surface area contributed by atoms with Crippen LogP contribution in [0.25, 0.3) is 0 Å². The molecule has 0 aliphatic carbocycles. The Morgan fingerprint density at radius 2 is 2.05 bits per heavy atom. The molecule has 1 fully saturated rings. The zero-order chi connectivity index (χ0) is 15.1. The van der Waals surface area contributed by atoms with Crippen molar-refractivity contribution in [2.45, 2.75) is 38.6 Å². The molecule has 118 valence electrons. The lowest BCUT2D eigenvalue weighted by molar-refractivity contribution is 0.259. The predicted molar refractivity (Wildman–Crippen MR) is 86.8 cm³/mol. The second-order valence-corrected chi connectivity index (χ2v) is 5.97. The molecule has 1 aliphatic heterocycles. The molecule has 1 aromatic rings. The van der Waals surface area contributed by atoms with E-state index in [9.17, 15) is 0 Å². The number of hydrogen-bond donors (Lipinski definition) is 2. The Morgan fingerprint density at radius 3 is 2.71 bits per heavy atom. The van der Waals surface area contributed by atoms with E-state index in [1.807, 2.05) is 12.1 Å². The smallest absolute Gasteiger partial charge is 0.119 e. The fraction of sp³-hybridized carbons (Fsp3) is 0.647. The van der Waals surface area contributed by atoms with Crippen molar-refractivity contribution in [3.05, 3.63) is 24.3 Å². The number of aliphatic hydroxyl groups is 1. The summed E-state index contributed by atoms with van der Waals surface area (Å²) < 4.78 is 5.62. The molecular weight excluding hydrogens is 264 g/mol. The van der Waals surface area contributed by atoms with Gasteiger partial charge >= 0.3 is 0 Å². The molecule has 0 radical (unpaired) electrons. The van der Waals surface area contributed by atoms with E-state index < -0.39 is 0 Å². The Morgan fingerprint density at radius 1 is 1.29 bits per heavy atom. The average Bonchev–Trinajstić information content (AvgIpc) is 2.51. The standard InChI is InChI=1S/C17H28N2O2/c1-2-10-21-17-7-5-16(6-8-17)19-12-14(4-3-9-20)11-15(18)13-19/h5-8,14-15,20H,2-4,9-13,18H2,1H3. The van der Waals surface area contributed by atoms with Gasteiger partial charge in [0.05, 0.1) is 6.61 Å². The van der Waals surface area contributed by atoms with Gasteiger partial charge in [-0.15, -0.1) is 0 Å². The third kappa shape index (κ3) is 4.90. The summed E-state index contributed by atoms with van der Waals surface area (Å²) in [5.41, 5.74) is 7.40. The van der Waals surface area contributed by atoms with Crippen molar-refractivity contribution >= 4 is 5.69 Å². The van der Waals surface area contributed by atoms with Gasteiger partial charge in [-0.2, -0.15) is 0 Å². The molecule has 3 N–H and O–H groups in total. The van der Waals surface area contributed by atoms with Crippen LogP contribution in [0.4, 0.5) is 5.69 Å². The molecule has 1 aliphatic rings. The highest BCUT2D eigenvalue weighted by atomic mass is 16.5. The average molecular weight is 292 g/mol. The van der Waals surface area contributed by atoms with Crippen LogP contribution in [0.1, 0.15) is 32.6 Å². The second-order valence-electron chi connectivity index (χ2n) is 5.97. The molecule has 1 aromatic carbocycles. The number of nitrogens with zero attached hydrogens (tertiary/aromatic N) is 1. The molecule has 1 heterocycles. The lowest BCUT2D eigenvalue weighted by Gasteiger charge is -2.38. The summed E-state index contributed by atoms with van der Waals surface area (Å²) in [5.74, 6) is 1.51. The Balaban J connectivity index is 1.95. The van der Waals surface area contributed by atoms with E-state index in [2.05, 4.69) is 24.0 Å². The topological polar surface area (TPSA) is 58.7 Å². The number of anilines is 1. The second kappa shape index (κ2) is 8.25. The highest BCUT2D eigenvalue weighted by Crippen LogP contribution is 2.26. The van der Waals surface area contributed by atoms with Crippen LogP contribution in [0.15, 0.2) is 24.3 Å². The van der Waals surface area contributed by atoms with Gasteiger partial charge in [0, 0.05) is 31.4 Å². The minimum absolute atomic E-state index is 0.221. The highest BCUT2D eigenvalue weighted by Gasteiger charge is 2.24. The quantitative estimate of drug-likeness (QED) is 0.810. The van der Waals surface area contributed by atoms with E-state index in [0.29, 0.717) is 5.92 Å². The van der Waals surface area contributed by atoms with Crippen molar-refractivity contribution in [3.8, 4) is 5.75 Å². The van der Waals surface area contributed by atoms with Gasteiger partial charge in [-0.3, -0.25) is 0 Å². The summed E-state index contributed by atoms with van der Waals surface area (Å²) >= 11 is 0. The molecule has 0 amide bonds. The Hall–Kier alpha value is -1.26. The van der Waals surface area contributed by atoms with Crippen molar-refractivity contribution in [1.29, 1.82) is 0 Å². The number of rotatable bonds is 7. The number of nitrogens with two attached hydrogens (primary N) is 1. The number of aliphatic hydroxyl groups excluding tert-OH is 1. The first-order chi connectivity index (χ1) is 10.2. The van der Waals surface area contributed by atoms with E-state index in [1.165, 1.54) is 5.69 Å². The van der Waals surface area contributed by atoms with Gasteiger partial charge in [0.15, 0.2) is 0 Å². The lowest BCUT2D eigenvalue weighted by atomic mass is 9.90. The Kier molecular flexibility index (Phi) is 6.33. The fourth-order valence-corrected chi connectivity index (χ4v) is 3.02. The first-order valence-corrected chi connectivity index (χ1v) is 8.07. The number of hydrogen-bond acceptors (Lipinski definition) is 4. The van der Waals surface area contributed by atoms with Crippen LogP contribution < -0.4 is 15.4 Å². The van der Waals surface area contributed by atoms with Crippen LogP contribution >= 0.6 is 0 Å². The highest BCUT2D eigenvalue weighted by molar-refractivity contribution is 5.49. The van der Waals surface area contributed by atoms with Crippen LogP contribution in [0.2, 0.25) is 0 Å². The minimum Gasteiger partial charge on any atom is -0.494 e. The van der Waals surface area contributed by atoms with Crippen molar-refractivity contribution in [1.82, 2.24) is 0 Å². The molecule has 21 heavy (non-hydrogen) atoms. The summed E-state index contributed by atoms with van der Waals surface area (Å²) in [6, 6.07) is 8.53. The SMILES string of the molecule is CCCOc1ccc(N2CC(N)CC(CCCO)C2)cc1. The van der Waals surface area contributed by atoms with Gasteiger partial charge in [0.2, 0.25) is 0 Å². The molecule has 2 rings (SSSR count). The van der Waals surface area contributed by atoms with Gasteiger partial charge in [-0.05, 0) is 55.9 Å². The number of ether oxygens (including phenoxy) is 1. The normalized spacial score (nSPS) is 22.3. The maximum absolute atomic E-state index is 8.99. The van der Waals surface area contributed by atoms with E-state index in [0.717, 1.165) is 51.1 Å². The molecule has 0 saturated carbocycles. The largest absolute Gasteiger partial charge is 0.494 e. The third-order valence-corrected chi connectivity index (χ3v) is 4.01. The molecule has 0 spiro atoms. The number of piperidine rings is 1. The minimum atomic E-state index is 0.221. The molecule has 4 heteroatoms. The first kappa shape index (κ1) is 16.1. The van der Waals surface area contributed by atoms with Crippen molar-refractivity contribution < 1.29 is 9.84 Å². The van der Waals surface area contributed by atoms with Crippen LogP contribution in [-0.4, -0.2) is 37.5 Å². The van der Waals surface area contributed by atoms with Crippen LogP contribution in [0, 0.1) is 5.92 Å². The summed E-state index contributed by atoms with van der Waals surface area (Å²) in [6.07, 6.45) is 4.01. The molecular formula is C17H28N2O2. The summed E-state index contributed by atoms with van der Waals surface area (Å²) in [6.45, 7) is 5.08. The maximum atomic E-state index is 8.99. The van der Waals surface area contributed by atoms with E-state index >= 15 is 0 Å². The summed E-state index contributed by atoms with van der Waals surface area (Å²) in [7, 11) is 0. The molecule has 0 bridgehead atoms. The van der Waals surface area contributed by atoms with Gasteiger partial charge in [0.1, 0.15) is 5.75 Å². The van der Waals surface area contributed by atoms with Gasteiger partial charge < -0.3 is 20.5 Å². The van der Waals surface area contributed by atoms with Crippen molar-refractivity contribution in [2.24, 2.45) is 11.7 Å². The molecule has 1 saturated heterocycles. The van der Waals surface area contributed by atoms with E-state index in [4.69, 9.17) is 15.6 Å². The molecule has 2 atom stereocenters. The Bertz CT molecular complexity index is 408. The zero-order valence-corrected chi connectivity index (χ0v) is 13.0. The van der Waals surface area contributed by atoms with Crippen molar-refractivity contribution in [3.63, 3.8) is 0 Å². The number of benzene rings is 1.